The van der Waals surface area contributed by atoms with Crippen LogP contribution in [0.3, 0.4) is 0 Å². The van der Waals surface area contributed by atoms with Crippen LogP contribution in [-0.2, 0) is 0 Å². The third-order valence-electron chi connectivity index (χ3n) is 3.82. The normalized spacial score (nSPS) is 18.4. The molecule has 0 saturated heterocycles. The number of rotatable bonds is 1. The predicted octanol–water partition coefficient (Wildman–Crippen LogP) is 3.71. The Morgan fingerprint density at radius 1 is 1.12 bits per heavy atom. The van der Waals surface area contributed by atoms with Gasteiger partial charge >= 0.3 is 0 Å². The van der Waals surface area contributed by atoms with Gasteiger partial charge in [-0.25, -0.2) is 0 Å². The summed E-state index contributed by atoms with van der Waals surface area (Å²) in [5, 5.41) is 18.1. The fourth-order valence-electron chi connectivity index (χ4n) is 2.89. The molecule has 0 unspecified atom stereocenters. The van der Waals surface area contributed by atoms with Crippen molar-refractivity contribution < 1.29 is 5.11 Å². The van der Waals surface area contributed by atoms with Gasteiger partial charge in [-0.05, 0) is 25.0 Å². The van der Waals surface area contributed by atoms with Gasteiger partial charge < -0.3 is 5.11 Å². The molecular formula is C14H18N2O. The van der Waals surface area contributed by atoms with Gasteiger partial charge in [0.1, 0.15) is 5.75 Å². The van der Waals surface area contributed by atoms with Gasteiger partial charge in [0, 0.05) is 17.4 Å². The van der Waals surface area contributed by atoms with Crippen molar-refractivity contribution in [2.45, 2.75) is 44.4 Å². The van der Waals surface area contributed by atoms with Crippen LogP contribution in [0.25, 0.3) is 10.9 Å². The van der Waals surface area contributed by atoms with Crippen molar-refractivity contribution in [2.75, 3.05) is 0 Å². The maximum atomic E-state index is 9.45. The minimum absolute atomic E-state index is 0.300. The topological polar surface area (TPSA) is 48.9 Å². The van der Waals surface area contributed by atoms with Crippen molar-refractivity contribution in [3.05, 3.63) is 23.9 Å². The summed E-state index contributed by atoms with van der Waals surface area (Å²) in [7, 11) is 0. The molecule has 3 heteroatoms. The molecule has 2 aromatic rings. The van der Waals surface area contributed by atoms with Crippen LogP contribution in [0, 0.1) is 0 Å². The fraction of sp³-hybridized carbons (Fsp3) is 0.500. The van der Waals surface area contributed by atoms with Gasteiger partial charge in [0.15, 0.2) is 0 Å². The summed E-state index contributed by atoms with van der Waals surface area (Å²) in [5.74, 6) is 0.893. The Labute approximate surface area is 101 Å². The molecule has 0 spiro atoms. The predicted molar refractivity (Wildman–Crippen MR) is 68.2 cm³/mol. The Kier molecular flexibility index (Phi) is 2.75. The number of phenols is 1. The summed E-state index contributed by atoms with van der Waals surface area (Å²) in [4.78, 5) is 0. The number of nitrogens with zero attached hydrogens (tertiary/aromatic N) is 1. The highest BCUT2D eigenvalue weighted by Crippen LogP contribution is 2.34. The van der Waals surface area contributed by atoms with E-state index in [1.54, 1.807) is 12.1 Å². The number of hydrogen-bond acceptors (Lipinski definition) is 2. The lowest BCUT2D eigenvalue weighted by atomic mass is 9.94. The van der Waals surface area contributed by atoms with Crippen LogP contribution in [0.1, 0.15) is 50.1 Å². The largest absolute Gasteiger partial charge is 0.508 e. The van der Waals surface area contributed by atoms with E-state index in [1.807, 2.05) is 6.07 Å². The summed E-state index contributed by atoms with van der Waals surface area (Å²) < 4.78 is 0. The molecule has 0 bridgehead atoms. The van der Waals surface area contributed by atoms with Crippen molar-refractivity contribution in [3.63, 3.8) is 0 Å². The Bertz CT molecular complexity index is 510. The van der Waals surface area contributed by atoms with Crippen LogP contribution in [-0.4, -0.2) is 15.3 Å². The molecular weight excluding hydrogens is 212 g/mol. The Hall–Kier alpha value is -1.51. The zero-order chi connectivity index (χ0) is 11.7. The molecule has 3 rings (SSSR count). The highest BCUT2D eigenvalue weighted by atomic mass is 16.3. The summed E-state index contributed by atoms with van der Waals surface area (Å²) in [5.41, 5.74) is 2.14. The van der Waals surface area contributed by atoms with Crippen LogP contribution >= 0.6 is 0 Å². The zero-order valence-electron chi connectivity index (χ0n) is 9.95. The zero-order valence-corrected chi connectivity index (χ0v) is 9.95. The van der Waals surface area contributed by atoms with Crippen molar-refractivity contribution in [3.8, 4) is 5.75 Å². The van der Waals surface area contributed by atoms with Gasteiger partial charge in [0.2, 0.25) is 0 Å². The number of aromatic hydroxyl groups is 1. The number of phenolic OH excluding ortho intramolecular Hbond substituents is 1. The molecule has 0 amide bonds. The molecule has 0 aliphatic heterocycles. The quantitative estimate of drug-likeness (QED) is 0.734. The second-order valence-electron chi connectivity index (χ2n) is 5.03. The number of aromatic amines is 1. The molecule has 1 aliphatic carbocycles. The molecule has 2 N–H and O–H groups in total. The number of H-pyrrole nitrogens is 1. The second kappa shape index (κ2) is 4.40. The van der Waals surface area contributed by atoms with Crippen molar-refractivity contribution in [1.82, 2.24) is 10.2 Å². The van der Waals surface area contributed by atoms with E-state index < -0.39 is 0 Å². The summed E-state index contributed by atoms with van der Waals surface area (Å²) in [6, 6.07) is 5.48. The van der Waals surface area contributed by atoms with E-state index in [4.69, 9.17) is 0 Å². The number of nitrogens with one attached hydrogen (secondary N) is 1. The molecule has 1 aromatic heterocycles. The lowest BCUT2D eigenvalue weighted by Crippen LogP contribution is -1.98. The highest BCUT2D eigenvalue weighted by Gasteiger charge is 2.19. The van der Waals surface area contributed by atoms with Crippen molar-refractivity contribution in [2.24, 2.45) is 0 Å². The van der Waals surface area contributed by atoms with E-state index in [9.17, 15) is 5.11 Å². The minimum Gasteiger partial charge on any atom is -0.508 e. The molecule has 1 aromatic carbocycles. The molecule has 17 heavy (non-hydrogen) atoms. The average molecular weight is 230 g/mol. The van der Waals surface area contributed by atoms with Crippen LogP contribution in [0.2, 0.25) is 0 Å². The first-order chi connectivity index (χ1) is 8.34. The van der Waals surface area contributed by atoms with Gasteiger partial charge in [-0.2, -0.15) is 5.10 Å². The maximum Gasteiger partial charge on any atom is 0.117 e. The van der Waals surface area contributed by atoms with E-state index in [1.165, 1.54) is 49.6 Å². The van der Waals surface area contributed by atoms with E-state index in [-0.39, 0.29) is 0 Å². The lowest BCUT2D eigenvalue weighted by molar-refractivity contribution is 0.476. The Morgan fingerprint density at radius 2 is 1.88 bits per heavy atom. The first-order valence-electron chi connectivity index (χ1n) is 6.51. The Balaban J connectivity index is 1.98. The number of fused-ring (bicyclic) bond motifs is 1. The van der Waals surface area contributed by atoms with Gasteiger partial charge in [0.05, 0.1) is 11.2 Å². The van der Waals surface area contributed by atoms with Crippen LogP contribution < -0.4 is 0 Å². The summed E-state index contributed by atoms with van der Waals surface area (Å²) in [6.45, 7) is 0. The number of benzene rings is 1. The van der Waals surface area contributed by atoms with Crippen LogP contribution in [0.15, 0.2) is 18.2 Å². The van der Waals surface area contributed by atoms with Gasteiger partial charge in [0.25, 0.3) is 0 Å². The van der Waals surface area contributed by atoms with Gasteiger partial charge in [-0.1, -0.05) is 25.7 Å². The molecule has 1 saturated carbocycles. The molecule has 0 atom stereocenters. The number of hydrogen-bond donors (Lipinski definition) is 2. The highest BCUT2D eigenvalue weighted by molar-refractivity contribution is 5.83. The number of aromatic nitrogens is 2. The molecule has 1 fully saturated rings. The van der Waals surface area contributed by atoms with Crippen molar-refractivity contribution in [1.29, 1.82) is 0 Å². The first kappa shape index (κ1) is 10.6. The fourth-order valence-corrected chi connectivity index (χ4v) is 2.89. The average Bonchev–Trinajstić information content (AvgIpc) is 2.57. The maximum absolute atomic E-state index is 9.45. The van der Waals surface area contributed by atoms with E-state index in [0.29, 0.717) is 11.7 Å². The molecule has 3 nitrogen and oxygen atoms in total. The minimum atomic E-state index is 0.300. The third-order valence-corrected chi connectivity index (χ3v) is 3.82. The van der Waals surface area contributed by atoms with Crippen LogP contribution in [0.5, 0.6) is 5.75 Å². The SMILES string of the molecule is Oc1ccc2c(C3CCCCCC3)n[nH]c2c1. The lowest BCUT2D eigenvalue weighted by Gasteiger charge is -2.11. The first-order valence-corrected chi connectivity index (χ1v) is 6.51. The Morgan fingerprint density at radius 3 is 2.65 bits per heavy atom. The summed E-state index contributed by atoms with van der Waals surface area (Å²) >= 11 is 0. The smallest absolute Gasteiger partial charge is 0.117 e. The molecule has 1 heterocycles. The van der Waals surface area contributed by atoms with Gasteiger partial charge in [-0.3, -0.25) is 5.10 Å². The molecule has 0 radical (unpaired) electrons. The third kappa shape index (κ3) is 2.02. The van der Waals surface area contributed by atoms with E-state index in [0.717, 1.165) is 5.52 Å². The summed E-state index contributed by atoms with van der Waals surface area (Å²) in [6.07, 6.45) is 7.86. The van der Waals surface area contributed by atoms with E-state index in [2.05, 4.69) is 10.2 Å². The molecule has 1 aliphatic rings. The van der Waals surface area contributed by atoms with Crippen molar-refractivity contribution >= 4 is 10.9 Å². The van der Waals surface area contributed by atoms with Gasteiger partial charge in [-0.15, -0.1) is 0 Å². The second-order valence-corrected chi connectivity index (χ2v) is 5.03. The van der Waals surface area contributed by atoms with E-state index >= 15 is 0 Å². The monoisotopic (exact) mass is 230 g/mol. The van der Waals surface area contributed by atoms with Crippen LogP contribution in [0.4, 0.5) is 0 Å². The standard InChI is InChI=1S/C14H18N2O/c17-11-7-8-12-13(9-11)15-16-14(12)10-5-3-1-2-4-6-10/h7-10,17H,1-6H2,(H,15,16). The molecule has 90 valence electrons.